The first-order valence-corrected chi connectivity index (χ1v) is 7.37. The molecule has 0 aliphatic carbocycles. The van der Waals surface area contributed by atoms with Crippen molar-refractivity contribution in [3.8, 4) is 0 Å². The van der Waals surface area contributed by atoms with Crippen LogP contribution in [0.2, 0.25) is 0 Å². The van der Waals surface area contributed by atoms with E-state index in [-0.39, 0.29) is 5.95 Å². The first kappa shape index (κ1) is 16.5. The van der Waals surface area contributed by atoms with Crippen molar-refractivity contribution >= 4 is 23.8 Å². The van der Waals surface area contributed by atoms with Crippen molar-refractivity contribution in [1.29, 1.82) is 0 Å². The number of nitrogens with zero attached hydrogens (tertiary/aromatic N) is 2. The molecule has 0 atom stereocenters. The second kappa shape index (κ2) is 7.40. The van der Waals surface area contributed by atoms with Crippen LogP contribution in [0.3, 0.4) is 0 Å². The molecule has 0 aliphatic heterocycles. The van der Waals surface area contributed by atoms with Crippen LogP contribution in [0.15, 0.2) is 35.9 Å². The molecule has 0 amide bonds. The van der Waals surface area contributed by atoms with E-state index in [9.17, 15) is 9.90 Å². The number of hydrogen-bond acceptors (Lipinski definition) is 5. The maximum Gasteiger partial charge on any atom is 0.331 e. The number of carboxylic acids is 1. The van der Waals surface area contributed by atoms with E-state index in [0.717, 1.165) is 5.56 Å². The highest BCUT2D eigenvalue weighted by Crippen LogP contribution is 2.22. The summed E-state index contributed by atoms with van der Waals surface area (Å²) in [6, 6.07) is 9.85. The lowest BCUT2D eigenvalue weighted by Crippen LogP contribution is -2.09. The van der Waals surface area contributed by atoms with E-state index in [0.29, 0.717) is 35.6 Å². The van der Waals surface area contributed by atoms with E-state index >= 15 is 0 Å². The number of carboxylic acid groups (broad SMARTS) is 1. The molecule has 0 saturated carbocycles. The number of nitrogens with two attached hydrogens (primary N) is 1. The zero-order chi connectivity index (χ0) is 16.8. The van der Waals surface area contributed by atoms with Gasteiger partial charge >= 0.3 is 5.97 Å². The number of nitrogen functional groups attached to an aromatic ring is 1. The number of carbonyl (C=O) groups is 1. The van der Waals surface area contributed by atoms with Crippen molar-refractivity contribution in [1.82, 2.24) is 9.97 Å². The first-order chi connectivity index (χ1) is 11.0. The Morgan fingerprint density at radius 1 is 1.30 bits per heavy atom. The van der Waals surface area contributed by atoms with E-state index in [1.54, 1.807) is 19.9 Å². The number of nitrogens with one attached hydrogen (secondary N) is 1. The molecule has 1 aromatic carbocycles. The lowest BCUT2D eigenvalue weighted by atomic mass is 10.1. The van der Waals surface area contributed by atoms with Crippen LogP contribution in [-0.4, -0.2) is 21.0 Å². The summed E-state index contributed by atoms with van der Waals surface area (Å²) in [5.74, 6) is -0.257. The molecule has 0 aliphatic rings. The standard InChI is InChI=1S/C17H20N4O2/c1-3-13(16(22)23)9-14-11(2)20-17(18)21-15(14)19-10-12-7-5-4-6-8-12/h4-9H,3,10H2,1-2H3,(H,22,23)(H3,18,19,20,21). The van der Waals surface area contributed by atoms with Gasteiger partial charge in [-0.2, -0.15) is 4.98 Å². The molecule has 0 fully saturated rings. The second-order valence-electron chi connectivity index (χ2n) is 5.10. The van der Waals surface area contributed by atoms with Gasteiger partial charge in [-0.25, -0.2) is 9.78 Å². The summed E-state index contributed by atoms with van der Waals surface area (Å²) in [6.45, 7) is 4.14. The van der Waals surface area contributed by atoms with Crippen molar-refractivity contribution in [3.63, 3.8) is 0 Å². The SMILES string of the molecule is CCC(=Cc1c(C)nc(N)nc1NCc1ccccc1)C(=O)O. The highest BCUT2D eigenvalue weighted by molar-refractivity contribution is 5.93. The molecule has 120 valence electrons. The summed E-state index contributed by atoms with van der Waals surface area (Å²) in [7, 11) is 0. The topological polar surface area (TPSA) is 101 Å². The summed E-state index contributed by atoms with van der Waals surface area (Å²) >= 11 is 0. The van der Waals surface area contributed by atoms with Crippen LogP contribution in [0.1, 0.15) is 30.2 Å². The fraction of sp³-hybridized carbons (Fsp3) is 0.235. The minimum absolute atomic E-state index is 0.156. The monoisotopic (exact) mass is 312 g/mol. The van der Waals surface area contributed by atoms with Crippen LogP contribution in [0.4, 0.5) is 11.8 Å². The fourth-order valence-electron chi connectivity index (χ4n) is 2.18. The summed E-state index contributed by atoms with van der Waals surface area (Å²) in [4.78, 5) is 19.6. The zero-order valence-electron chi connectivity index (χ0n) is 13.2. The highest BCUT2D eigenvalue weighted by atomic mass is 16.4. The van der Waals surface area contributed by atoms with Crippen LogP contribution >= 0.6 is 0 Å². The lowest BCUT2D eigenvalue weighted by Gasteiger charge is -2.12. The number of hydrogen-bond donors (Lipinski definition) is 3. The van der Waals surface area contributed by atoms with Gasteiger partial charge in [-0.3, -0.25) is 0 Å². The molecule has 0 bridgehead atoms. The summed E-state index contributed by atoms with van der Waals surface area (Å²) < 4.78 is 0. The van der Waals surface area contributed by atoms with Crippen LogP contribution in [0, 0.1) is 6.92 Å². The lowest BCUT2D eigenvalue weighted by molar-refractivity contribution is -0.132. The van der Waals surface area contributed by atoms with E-state index in [1.807, 2.05) is 30.3 Å². The third kappa shape index (κ3) is 4.29. The predicted molar refractivity (Wildman–Crippen MR) is 90.9 cm³/mol. The van der Waals surface area contributed by atoms with Crippen molar-refractivity contribution in [2.45, 2.75) is 26.8 Å². The maximum absolute atomic E-state index is 11.2. The summed E-state index contributed by atoms with van der Waals surface area (Å²) in [6.07, 6.45) is 2.02. The molecule has 1 heterocycles. The van der Waals surface area contributed by atoms with Gasteiger partial charge in [-0.1, -0.05) is 37.3 Å². The predicted octanol–water partition coefficient (Wildman–Crippen LogP) is 2.86. The Hall–Kier alpha value is -2.89. The smallest absolute Gasteiger partial charge is 0.331 e. The molecular weight excluding hydrogens is 292 g/mol. The van der Waals surface area contributed by atoms with Gasteiger partial charge in [0.25, 0.3) is 0 Å². The Labute approximate surface area is 135 Å². The number of aryl methyl sites for hydroxylation is 1. The van der Waals surface area contributed by atoms with E-state index in [1.165, 1.54) is 0 Å². The number of aromatic nitrogens is 2. The first-order valence-electron chi connectivity index (χ1n) is 7.37. The summed E-state index contributed by atoms with van der Waals surface area (Å²) in [5.41, 5.74) is 8.39. The van der Waals surface area contributed by atoms with Crippen molar-refractivity contribution in [3.05, 3.63) is 52.7 Å². The van der Waals surface area contributed by atoms with Crippen LogP contribution in [0.25, 0.3) is 6.08 Å². The van der Waals surface area contributed by atoms with Gasteiger partial charge in [0.2, 0.25) is 5.95 Å². The van der Waals surface area contributed by atoms with Crippen LogP contribution in [-0.2, 0) is 11.3 Å². The zero-order valence-corrected chi connectivity index (χ0v) is 13.2. The molecule has 23 heavy (non-hydrogen) atoms. The second-order valence-corrected chi connectivity index (χ2v) is 5.10. The summed E-state index contributed by atoms with van der Waals surface area (Å²) in [5, 5.41) is 12.4. The Kier molecular flexibility index (Phi) is 5.30. The minimum Gasteiger partial charge on any atom is -0.478 e. The molecular formula is C17H20N4O2. The molecule has 4 N–H and O–H groups in total. The Morgan fingerprint density at radius 2 is 2.00 bits per heavy atom. The molecule has 0 saturated heterocycles. The number of anilines is 2. The van der Waals surface area contributed by atoms with Crippen molar-refractivity contribution < 1.29 is 9.90 Å². The third-order valence-corrected chi connectivity index (χ3v) is 3.43. The van der Waals surface area contributed by atoms with Crippen molar-refractivity contribution in [2.24, 2.45) is 0 Å². The Bertz CT molecular complexity index is 727. The number of rotatable bonds is 6. The minimum atomic E-state index is -0.947. The molecule has 1 aromatic heterocycles. The highest BCUT2D eigenvalue weighted by Gasteiger charge is 2.12. The fourth-order valence-corrected chi connectivity index (χ4v) is 2.18. The average molecular weight is 312 g/mol. The Morgan fingerprint density at radius 3 is 2.61 bits per heavy atom. The Balaban J connectivity index is 2.36. The van der Waals surface area contributed by atoms with Gasteiger partial charge < -0.3 is 16.2 Å². The maximum atomic E-state index is 11.2. The van der Waals surface area contributed by atoms with E-state index in [2.05, 4.69) is 15.3 Å². The van der Waals surface area contributed by atoms with Gasteiger partial charge in [0.15, 0.2) is 0 Å². The van der Waals surface area contributed by atoms with E-state index < -0.39 is 5.97 Å². The van der Waals surface area contributed by atoms with Gasteiger partial charge in [-0.15, -0.1) is 0 Å². The van der Waals surface area contributed by atoms with Crippen LogP contribution in [0.5, 0.6) is 0 Å². The van der Waals surface area contributed by atoms with Gasteiger partial charge in [0.1, 0.15) is 5.82 Å². The normalized spacial score (nSPS) is 11.3. The molecule has 0 radical (unpaired) electrons. The van der Waals surface area contributed by atoms with E-state index in [4.69, 9.17) is 5.73 Å². The van der Waals surface area contributed by atoms with Crippen LogP contribution < -0.4 is 11.1 Å². The largest absolute Gasteiger partial charge is 0.478 e. The molecule has 6 heteroatoms. The van der Waals surface area contributed by atoms with Gasteiger partial charge in [-0.05, 0) is 25.0 Å². The molecule has 2 aromatic rings. The van der Waals surface area contributed by atoms with Gasteiger partial charge in [0.05, 0.1) is 5.69 Å². The van der Waals surface area contributed by atoms with Gasteiger partial charge in [0, 0.05) is 17.7 Å². The molecule has 2 rings (SSSR count). The molecule has 6 nitrogen and oxygen atoms in total. The number of benzene rings is 1. The molecule has 0 spiro atoms. The number of aliphatic carboxylic acids is 1. The van der Waals surface area contributed by atoms with Crippen molar-refractivity contribution in [2.75, 3.05) is 11.1 Å². The molecule has 0 unspecified atom stereocenters. The third-order valence-electron chi connectivity index (χ3n) is 3.43. The quantitative estimate of drug-likeness (QED) is 0.709. The average Bonchev–Trinajstić information content (AvgIpc) is 2.52.